The van der Waals surface area contributed by atoms with Crippen molar-refractivity contribution in [3.63, 3.8) is 0 Å². The maximum absolute atomic E-state index is 12.4. The molecule has 5 rings (SSSR count). The van der Waals surface area contributed by atoms with Crippen LogP contribution in [0.4, 0.5) is 0 Å². The molecule has 120 valence electrons. The molecule has 23 heavy (non-hydrogen) atoms. The summed E-state index contributed by atoms with van der Waals surface area (Å²) in [6.07, 6.45) is 9.07. The Bertz CT molecular complexity index is 677. The van der Waals surface area contributed by atoms with E-state index in [0.717, 1.165) is 6.42 Å². The number of hydrogen-bond acceptors (Lipinski definition) is 3. The van der Waals surface area contributed by atoms with E-state index in [1.54, 1.807) is 0 Å². The standard InChI is InChI=1S/C20H22O3/c1-19-11-12-20(23-19,14-7-8-14)15-9-10-16(17(15)19)22-18(21)13-5-3-2-4-6-13/h2-6,9-10,14-17H,7-8,11-12H2,1H3/t15-,16-,17-,19+,20-/m0/s1. The van der Waals surface area contributed by atoms with Crippen LogP contribution >= 0.6 is 0 Å². The summed E-state index contributed by atoms with van der Waals surface area (Å²) in [5.74, 6) is 1.19. The second-order valence-electron chi connectivity index (χ2n) is 7.82. The highest BCUT2D eigenvalue weighted by molar-refractivity contribution is 5.89. The molecule has 0 amide bonds. The average Bonchev–Trinajstić information content (AvgIpc) is 3.16. The number of hydrogen-bond donors (Lipinski definition) is 0. The quantitative estimate of drug-likeness (QED) is 0.630. The van der Waals surface area contributed by atoms with Gasteiger partial charge in [0.25, 0.3) is 0 Å². The summed E-state index contributed by atoms with van der Waals surface area (Å²) in [5.41, 5.74) is 0.512. The molecule has 0 spiro atoms. The molecule has 5 atom stereocenters. The maximum Gasteiger partial charge on any atom is 0.338 e. The van der Waals surface area contributed by atoms with Crippen molar-refractivity contribution in [2.45, 2.75) is 49.9 Å². The lowest BCUT2D eigenvalue weighted by molar-refractivity contribution is -0.0719. The fraction of sp³-hybridized carbons (Fsp3) is 0.550. The second kappa shape index (κ2) is 4.47. The van der Waals surface area contributed by atoms with Gasteiger partial charge in [-0.25, -0.2) is 4.79 Å². The zero-order valence-electron chi connectivity index (χ0n) is 13.4. The first-order valence-corrected chi connectivity index (χ1v) is 8.77. The van der Waals surface area contributed by atoms with E-state index in [-0.39, 0.29) is 29.2 Å². The maximum atomic E-state index is 12.4. The summed E-state index contributed by atoms with van der Waals surface area (Å²) in [6.45, 7) is 2.22. The van der Waals surface area contributed by atoms with Gasteiger partial charge in [0, 0.05) is 11.8 Å². The molecular formula is C20H22O3. The van der Waals surface area contributed by atoms with Crippen LogP contribution in [0.15, 0.2) is 42.5 Å². The molecule has 3 nitrogen and oxygen atoms in total. The van der Waals surface area contributed by atoms with Gasteiger partial charge in [0.2, 0.25) is 0 Å². The molecule has 2 aliphatic heterocycles. The van der Waals surface area contributed by atoms with Crippen molar-refractivity contribution in [3.05, 3.63) is 48.0 Å². The number of fused-ring (bicyclic) bond motifs is 5. The minimum absolute atomic E-state index is 0.0316. The average molecular weight is 310 g/mol. The van der Waals surface area contributed by atoms with Gasteiger partial charge in [0.1, 0.15) is 6.10 Å². The number of carbonyl (C=O) groups excluding carboxylic acids is 1. The largest absolute Gasteiger partial charge is 0.454 e. The van der Waals surface area contributed by atoms with E-state index >= 15 is 0 Å². The van der Waals surface area contributed by atoms with Crippen molar-refractivity contribution >= 4 is 5.97 Å². The van der Waals surface area contributed by atoms with Crippen molar-refractivity contribution in [1.29, 1.82) is 0 Å². The zero-order valence-corrected chi connectivity index (χ0v) is 13.4. The molecule has 0 radical (unpaired) electrons. The Hall–Kier alpha value is -1.61. The molecule has 2 heterocycles. The number of carbonyl (C=O) groups is 1. The highest BCUT2D eigenvalue weighted by Crippen LogP contribution is 2.67. The predicted molar refractivity (Wildman–Crippen MR) is 85.9 cm³/mol. The Labute approximate surface area is 136 Å². The lowest BCUT2D eigenvalue weighted by Crippen LogP contribution is -2.43. The minimum atomic E-state index is -0.229. The zero-order chi connectivity index (χ0) is 15.7. The van der Waals surface area contributed by atoms with Crippen LogP contribution in [-0.4, -0.2) is 23.3 Å². The molecule has 0 aromatic heterocycles. The van der Waals surface area contributed by atoms with Crippen molar-refractivity contribution < 1.29 is 14.3 Å². The Morgan fingerprint density at radius 2 is 1.96 bits per heavy atom. The van der Waals surface area contributed by atoms with Crippen molar-refractivity contribution in [1.82, 2.24) is 0 Å². The molecule has 3 fully saturated rings. The first-order chi connectivity index (χ1) is 11.1. The Kier molecular flexibility index (Phi) is 2.68. The van der Waals surface area contributed by atoms with Crippen LogP contribution in [0, 0.1) is 17.8 Å². The van der Waals surface area contributed by atoms with E-state index in [4.69, 9.17) is 9.47 Å². The third kappa shape index (κ3) is 1.83. The topological polar surface area (TPSA) is 35.5 Å². The van der Waals surface area contributed by atoms with Gasteiger partial charge in [-0.05, 0) is 56.7 Å². The Balaban J connectivity index is 1.40. The highest BCUT2D eigenvalue weighted by Gasteiger charge is 2.71. The van der Waals surface area contributed by atoms with Crippen LogP contribution in [0.3, 0.4) is 0 Å². The van der Waals surface area contributed by atoms with Gasteiger partial charge in [-0.1, -0.05) is 24.3 Å². The van der Waals surface area contributed by atoms with Crippen LogP contribution in [-0.2, 0) is 9.47 Å². The minimum Gasteiger partial charge on any atom is -0.454 e. The van der Waals surface area contributed by atoms with Gasteiger partial charge in [-0.15, -0.1) is 0 Å². The third-order valence-electron chi connectivity index (χ3n) is 6.47. The molecule has 0 N–H and O–H groups in total. The van der Waals surface area contributed by atoms with E-state index in [1.165, 1.54) is 19.3 Å². The SMILES string of the molecule is C[C@]12CC[C@@](C3CC3)(O1)[C@H]1C=C[C@H](OC(=O)c3ccccc3)[C@H]12. The van der Waals surface area contributed by atoms with Crippen LogP contribution in [0.2, 0.25) is 0 Å². The molecule has 1 saturated carbocycles. The predicted octanol–water partition coefficient (Wildman–Crippen LogP) is 3.75. The molecule has 3 heteroatoms. The summed E-state index contributed by atoms with van der Waals surface area (Å²) in [6, 6.07) is 9.26. The number of ether oxygens (including phenoxy) is 2. The van der Waals surface area contributed by atoms with Crippen molar-refractivity contribution in [2.75, 3.05) is 0 Å². The lowest BCUT2D eigenvalue weighted by Gasteiger charge is -2.35. The van der Waals surface area contributed by atoms with E-state index in [1.807, 2.05) is 30.3 Å². The first-order valence-electron chi connectivity index (χ1n) is 8.77. The molecule has 4 aliphatic rings. The van der Waals surface area contributed by atoms with Gasteiger partial charge in [0.15, 0.2) is 0 Å². The van der Waals surface area contributed by atoms with E-state index in [0.29, 0.717) is 17.4 Å². The monoisotopic (exact) mass is 310 g/mol. The highest BCUT2D eigenvalue weighted by atomic mass is 16.6. The smallest absolute Gasteiger partial charge is 0.338 e. The fourth-order valence-electron chi connectivity index (χ4n) is 5.33. The number of esters is 1. The molecule has 2 bridgehead atoms. The summed E-state index contributed by atoms with van der Waals surface area (Å²) >= 11 is 0. The molecule has 1 aromatic carbocycles. The van der Waals surface area contributed by atoms with Gasteiger partial charge >= 0.3 is 5.97 Å². The van der Waals surface area contributed by atoms with Gasteiger partial charge < -0.3 is 9.47 Å². The summed E-state index contributed by atoms with van der Waals surface area (Å²) in [5, 5.41) is 0. The van der Waals surface area contributed by atoms with E-state index in [9.17, 15) is 4.79 Å². The van der Waals surface area contributed by atoms with E-state index < -0.39 is 0 Å². The molecular weight excluding hydrogens is 288 g/mol. The van der Waals surface area contributed by atoms with E-state index in [2.05, 4.69) is 19.1 Å². The fourth-order valence-corrected chi connectivity index (χ4v) is 5.33. The van der Waals surface area contributed by atoms with Gasteiger partial charge in [-0.2, -0.15) is 0 Å². The molecule has 2 aliphatic carbocycles. The normalized spacial score (nSPS) is 43.6. The van der Waals surface area contributed by atoms with Crippen LogP contribution in [0.5, 0.6) is 0 Å². The molecule has 0 unspecified atom stereocenters. The summed E-state index contributed by atoms with van der Waals surface area (Å²) in [4.78, 5) is 12.4. The summed E-state index contributed by atoms with van der Waals surface area (Å²) < 4.78 is 12.5. The van der Waals surface area contributed by atoms with Crippen molar-refractivity contribution in [3.8, 4) is 0 Å². The molecule has 1 aromatic rings. The van der Waals surface area contributed by atoms with Gasteiger partial charge in [-0.3, -0.25) is 0 Å². The van der Waals surface area contributed by atoms with Gasteiger partial charge in [0.05, 0.1) is 16.8 Å². The van der Waals surface area contributed by atoms with Crippen LogP contribution in [0.25, 0.3) is 0 Å². The lowest BCUT2D eigenvalue weighted by atomic mass is 9.66. The van der Waals surface area contributed by atoms with Crippen LogP contribution < -0.4 is 0 Å². The Morgan fingerprint density at radius 3 is 2.70 bits per heavy atom. The third-order valence-corrected chi connectivity index (χ3v) is 6.47. The number of rotatable bonds is 3. The van der Waals surface area contributed by atoms with Crippen molar-refractivity contribution in [2.24, 2.45) is 17.8 Å². The number of benzene rings is 1. The Morgan fingerprint density at radius 1 is 1.17 bits per heavy atom. The molecule has 2 saturated heterocycles. The first kappa shape index (κ1) is 13.8. The van der Waals surface area contributed by atoms with Crippen LogP contribution in [0.1, 0.15) is 43.0 Å². The second-order valence-corrected chi connectivity index (χ2v) is 7.82. The summed E-state index contributed by atoms with van der Waals surface area (Å²) in [7, 11) is 0.